The van der Waals surface area contributed by atoms with Crippen LogP contribution in [0.4, 0.5) is 0 Å². The zero-order valence-corrected chi connectivity index (χ0v) is 12.6. The fourth-order valence-corrected chi connectivity index (χ4v) is 2.26. The summed E-state index contributed by atoms with van der Waals surface area (Å²) in [5, 5.41) is 9.04. The van der Waals surface area contributed by atoms with Gasteiger partial charge in [-0.3, -0.25) is 0 Å². The van der Waals surface area contributed by atoms with E-state index in [2.05, 4.69) is 15.0 Å². The van der Waals surface area contributed by atoms with E-state index in [1.54, 1.807) is 22.9 Å². The van der Waals surface area contributed by atoms with Crippen LogP contribution in [-0.2, 0) is 17.7 Å². The Morgan fingerprint density at radius 1 is 1.40 bits per heavy atom. The third-order valence-electron chi connectivity index (χ3n) is 2.88. The average Bonchev–Trinajstić information content (AvgIpc) is 2.84. The Balaban J connectivity index is 2.36. The van der Waals surface area contributed by atoms with Gasteiger partial charge >= 0.3 is 5.97 Å². The first-order chi connectivity index (χ1) is 9.56. The standard InChI is InChI=1S/C13H13Cl2N3O2/c1-3-11-12(13(19)20-2)16-17-18(11)7-8-6-9(14)4-5-10(8)15/h4-6H,3,7H2,1-2H3. The number of benzene rings is 1. The van der Waals surface area contributed by atoms with Crippen LogP contribution in [0.5, 0.6) is 0 Å². The number of ether oxygens (including phenoxy) is 1. The van der Waals surface area contributed by atoms with Gasteiger partial charge in [0.15, 0.2) is 5.69 Å². The molecule has 2 aromatic rings. The van der Waals surface area contributed by atoms with Gasteiger partial charge < -0.3 is 4.74 Å². The molecule has 1 aromatic carbocycles. The number of carbonyl (C=O) groups is 1. The van der Waals surface area contributed by atoms with E-state index in [-0.39, 0.29) is 5.69 Å². The van der Waals surface area contributed by atoms with Gasteiger partial charge in [-0.25, -0.2) is 9.48 Å². The molecule has 0 saturated carbocycles. The number of hydrogen-bond donors (Lipinski definition) is 0. The number of carbonyl (C=O) groups excluding carboxylic acids is 1. The number of esters is 1. The van der Waals surface area contributed by atoms with Crippen LogP contribution in [0.3, 0.4) is 0 Å². The van der Waals surface area contributed by atoms with Crippen LogP contribution >= 0.6 is 23.2 Å². The predicted octanol–water partition coefficient (Wildman–Crippen LogP) is 2.98. The van der Waals surface area contributed by atoms with E-state index in [4.69, 9.17) is 23.2 Å². The van der Waals surface area contributed by atoms with Gasteiger partial charge in [0.1, 0.15) is 0 Å². The fourth-order valence-electron chi connectivity index (χ4n) is 1.89. The lowest BCUT2D eigenvalue weighted by Gasteiger charge is -2.08. The zero-order chi connectivity index (χ0) is 14.7. The molecule has 0 radical (unpaired) electrons. The number of nitrogens with zero attached hydrogens (tertiary/aromatic N) is 3. The van der Waals surface area contributed by atoms with Crippen molar-refractivity contribution in [3.8, 4) is 0 Å². The summed E-state index contributed by atoms with van der Waals surface area (Å²) in [6.45, 7) is 2.31. The van der Waals surface area contributed by atoms with Gasteiger partial charge in [-0.05, 0) is 30.2 Å². The van der Waals surface area contributed by atoms with E-state index in [9.17, 15) is 4.79 Å². The summed E-state index contributed by atoms with van der Waals surface area (Å²) in [7, 11) is 1.31. The molecule has 7 heteroatoms. The molecule has 0 saturated heterocycles. The van der Waals surface area contributed by atoms with Crippen molar-refractivity contribution in [1.29, 1.82) is 0 Å². The molecule has 0 bridgehead atoms. The topological polar surface area (TPSA) is 57.0 Å². The van der Waals surface area contributed by atoms with Crippen LogP contribution < -0.4 is 0 Å². The molecular weight excluding hydrogens is 301 g/mol. The van der Waals surface area contributed by atoms with Crippen LogP contribution in [-0.4, -0.2) is 28.1 Å². The van der Waals surface area contributed by atoms with Crippen LogP contribution in [0.15, 0.2) is 18.2 Å². The Kier molecular flexibility index (Phi) is 4.62. The van der Waals surface area contributed by atoms with Crippen LogP contribution in [0.25, 0.3) is 0 Å². The van der Waals surface area contributed by atoms with Crippen molar-refractivity contribution in [3.05, 3.63) is 45.2 Å². The second kappa shape index (κ2) is 6.24. The number of halogens is 2. The Morgan fingerprint density at radius 2 is 2.15 bits per heavy atom. The molecule has 0 N–H and O–H groups in total. The molecule has 5 nitrogen and oxygen atoms in total. The summed E-state index contributed by atoms with van der Waals surface area (Å²) >= 11 is 12.1. The lowest BCUT2D eigenvalue weighted by molar-refractivity contribution is 0.0592. The van der Waals surface area contributed by atoms with E-state index in [1.165, 1.54) is 7.11 Å². The predicted molar refractivity (Wildman–Crippen MR) is 76.3 cm³/mol. The molecule has 0 aliphatic rings. The molecule has 20 heavy (non-hydrogen) atoms. The van der Waals surface area contributed by atoms with Crippen molar-refractivity contribution >= 4 is 29.2 Å². The number of methoxy groups -OCH3 is 1. The highest BCUT2D eigenvalue weighted by Crippen LogP contribution is 2.22. The Morgan fingerprint density at radius 3 is 2.80 bits per heavy atom. The minimum atomic E-state index is -0.495. The van der Waals surface area contributed by atoms with Gasteiger partial charge in [-0.1, -0.05) is 35.3 Å². The largest absolute Gasteiger partial charge is 0.464 e. The maximum Gasteiger partial charge on any atom is 0.360 e. The SMILES string of the molecule is CCc1c(C(=O)OC)nnn1Cc1cc(Cl)ccc1Cl. The van der Waals surface area contributed by atoms with Gasteiger partial charge in [0.2, 0.25) is 0 Å². The molecule has 0 amide bonds. The van der Waals surface area contributed by atoms with Gasteiger partial charge in [0.05, 0.1) is 19.3 Å². The second-order valence-electron chi connectivity index (χ2n) is 4.12. The summed E-state index contributed by atoms with van der Waals surface area (Å²) in [5.41, 5.74) is 1.75. The van der Waals surface area contributed by atoms with Crippen molar-refractivity contribution in [2.45, 2.75) is 19.9 Å². The smallest absolute Gasteiger partial charge is 0.360 e. The van der Waals surface area contributed by atoms with E-state index in [1.807, 2.05) is 6.92 Å². The minimum Gasteiger partial charge on any atom is -0.464 e. The lowest BCUT2D eigenvalue weighted by Crippen LogP contribution is -2.10. The van der Waals surface area contributed by atoms with Gasteiger partial charge in [-0.15, -0.1) is 5.10 Å². The summed E-state index contributed by atoms with van der Waals surface area (Å²) < 4.78 is 6.31. The number of rotatable bonds is 4. The summed E-state index contributed by atoms with van der Waals surface area (Å²) in [5.74, 6) is -0.495. The monoisotopic (exact) mass is 313 g/mol. The molecule has 1 heterocycles. The first-order valence-corrected chi connectivity index (χ1v) is 6.77. The average molecular weight is 314 g/mol. The second-order valence-corrected chi connectivity index (χ2v) is 4.97. The zero-order valence-electron chi connectivity index (χ0n) is 11.1. The minimum absolute atomic E-state index is 0.230. The highest BCUT2D eigenvalue weighted by atomic mass is 35.5. The Bertz CT molecular complexity index is 641. The molecule has 0 aliphatic heterocycles. The van der Waals surface area contributed by atoms with Gasteiger partial charge in [0, 0.05) is 10.0 Å². The summed E-state index contributed by atoms with van der Waals surface area (Å²) in [6.07, 6.45) is 0.607. The highest BCUT2D eigenvalue weighted by Gasteiger charge is 2.19. The van der Waals surface area contributed by atoms with E-state index in [0.717, 1.165) is 5.56 Å². The molecule has 0 spiro atoms. The summed E-state index contributed by atoms with van der Waals surface area (Å²) in [6, 6.07) is 5.21. The maximum atomic E-state index is 11.6. The van der Waals surface area contributed by atoms with E-state index < -0.39 is 5.97 Å². The van der Waals surface area contributed by atoms with Gasteiger partial charge in [-0.2, -0.15) is 0 Å². The fraction of sp³-hybridized carbons (Fsp3) is 0.308. The van der Waals surface area contributed by atoms with Crippen molar-refractivity contribution in [2.75, 3.05) is 7.11 Å². The van der Waals surface area contributed by atoms with Crippen molar-refractivity contribution < 1.29 is 9.53 Å². The normalized spacial score (nSPS) is 10.6. The summed E-state index contributed by atoms with van der Waals surface area (Å²) in [4.78, 5) is 11.6. The van der Waals surface area contributed by atoms with Crippen LogP contribution in [0.2, 0.25) is 10.0 Å². The van der Waals surface area contributed by atoms with Crippen molar-refractivity contribution in [1.82, 2.24) is 15.0 Å². The number of aromatic nitrogens is 3. The van der Waals surface area contributed by atoms with E-state index >= 15 is 0 Å². The molecule has 0 fully saturated rings. The van der Waals surface area contributed by atoms with Crippen LogP contribution in [0, 0.1) is 0 Å². The van der Waals surface area contributed by atoms with Crippen LogP contribution in [0.1, 0.15) is 28.7 Å². The lowest BCUT2D eigenvalue weighted by atomic mass is 10.2. The molecule has 2 rings (SSSR count). The molecule has 0 unspecified atom stereocenters. The third-order valence-corrected chi connectivity index (χ3v) is 3.48. The molecule has 0 aliphatic carbocycles. The molecule has 0 atom stereocenters. The maximum absolute atomic E-state index is 11.6. The third kappa shape index (κ3) is 2.94. The molecule has 1 aromatic heterocycles. The molecular formula is C13H13Cl2N3O2. The quantitative estimate of drug-likeness (QED) is 0.814. The first kappa shape index (κ1) is 14.8. The Labute approximate surface area is 126 Å². The highest BCUT2D eigenvalue weighted by molar-refractivity contribution is 6.33. The Hall–Kier alpha value is -1.59. The number of hydrogen-bond acceptors (Lipinski definition) is 4. The van der Waals surface area contributed by atoms with Crippen molar-refractivity contribution in [2.24, 2.45) is 0 Å². The van der Waals surface area contributed by atoms with Crippen molar-refractivity contribution in [3.63, 3.8) is 0 Å². The van der Waals surface area contributed by atoms with Gasteiger partial charge in [0.25, 0.3) is 0 Å². The molecule has 106 valence electrons. The van der Waals surface area contributed by atoms with E-state index in [0.29, 0.717) is 28.7 Å². The first-order valence-electron chi connectivity index (χ1n) is 6.01.